The van der Waals surface area contributed by atoms with Gasteiger partial charge in [0.25, 0.3) is 5.91 Å². The summed E-state index contributed by atoms with van der Waals surface area (Å²) in [4.78, 5) is 18.9. The molecule has 0 aliphatic carbocycles. The van der Waals surface area contributed by atoms with Crippen LogP contribution in [0.3, 0.4) is 0 Å². The number of nitrogens with zero attached hydrogens (tertiary/aromatic N) is 3. The summed E-state index contributed by atoms with van der Waals surface area (Å²) in [6.07, 6.45) is 2.17. The van der Waals surface area contributed by atoms with Gasteiger partial charge in [-0.2, -0.15) is 0 Å². The molecule has 0 spiro atoms. The lowest BCUT2D eigenvalue weighted by Gasteiger charge is -2.36. The molecule has 0 radical (unpaired) electrons. The third kappa shape index (κ3) is 4.13. The van der Waals surface area contributed by atoms with E-state index in [1.807, 2.05) is 35.2 Å². The number of ether oxygens (including phenoxy) is 1. The Morgan fingerprint density at radius 2 is 1.82 bits per heavy atom. The normalized spacial score (nSPS) is 17.9. The Morgan fingerprint density at radius 3 is 2.54 bits per heavy atom. The average molecular weight is 404 g/mol. The SMILES string of the molecule is COc1ccc(Cl)cc1N1CCN(Cc2ccc(C(=O)N3CCCC3)o2)CC1. The third-order valence-corrected chi connectivity index (χ3v) is 5.73. The molecule has 2 fully saturated rings. The van der Waals surface area contributed by atoms with E-state index in [9.17, 15) is 4.79 Å². The summed E-state index contributed by atoms with van der Waals surface area (Å²) >= 11 is 6.17. The molecule has 0 bridgehead atoms. The van der Waals surface area contributed by atoms with Crippen LogP contribution in [0.5, 0.6) is 5.75 Å². The van der Waals surface area contributed by atoms with Crippen molar-refractivity contribution in [3.05, 3.63) is 46.9 Å². The van der Waals surface area contributed by atoms with E-state index in [0.29, 0.717) is 17.3 Å². The highest BCUT2D eigenvalue weighted by Gasteiger charge is 2.24. The quantitative estimate of drug-likeness (QED) is 0.764. The number of carbonyl (C=O) groups excluding carboxylic acids is 1. The van der Waals surface area contributed by atoms with Crippen molar-refractivity contribution in [3.63, 3.8) is 0 Å². The Balaban J connectivity index is 1.34. The van der Waals surface area contributed by atoms with Crippen LogP contribution in [-0.2, 0) is 6.54 Å². The van der Waals surface area contributed by atoms with Gasteiger partial charge in [-0.05, 0) is 43.2 Å². The Labute approximate surface area is 170 Å². The van der Waals surface area contributed by atoms with Gasteiger partial charge in [-0.15, -0.1) is 0 Å². The number of likely N-dealkylation sites (tertiary alicyclic amines) is 1. The minimum atomic E-state index is 0.0154. The van der Waals surface area contributed by atoms with Gasteiger partial charge in [0.1, 0.15) is 11.5 Å². The van der Waals surface area contributed by atoms with Crippen LogP contribution >= 0.6 is 11.6 Å². The van der Waals surface area contributed by atoms with Crippen molar-refractivity contribution in [2.24, 2.45) is 0 Å². The highest BCUT2D eigenvalue weighted by Crippen LogP contribution is 2.32. The van der Waals surface area contributed by atoms with Crippen molar-refractivity contribution >= 4 is 23.2 Å². The zero-order chi connectivity index (χ0) is 19.5. The fourth-order valence-corrected chi connectivity index (χ4v) is 4.10. The van der Waals surface area contributed by atoms with Crippen molar-refractivity contribution in [1.29, 1.82) is 0 Å². The van der Waals surface area contributed by atoms with E-state index in [1.165, 1.54) is 0 Å². The number of piperazine rings is 1. The van der Waals surface area contributed by atoms with Gasteiger partial charge in [0, 0.05) is 44.3 Å². The van der Waals surface area contributed by atoms with Crippen LogP contribution in [0.1, 0.15) is 29.2 Å². The number of furan rings is 1. The van der Waals surface area contributed by atoms with Crippen molar-refractivity contribution in [2.45, 2.75) is 19.4 Å². The lowest BCUT2D eigenvalue weighted by molar-refractivity contribution is 0.0757. The Hall–Kier alpha value is -2.18. The lowest BCUT2D eigenvalue weighted by Crippen LogP contribution is -2.46. The van der Waals surface area contributed by atoms with E-state index in [0.717, 1.165) is 69.3 Å². The molecule has 2 saturated heterocycles. The molecule has 1 amide bonds. The molecular formula is C21H26ClN3O3. The molecule has 3 heterocycles. The third-order valence-electron chi connectivity index (χ3n) is 5.50. The zero-order valence-electron chi connectivity index (χ0n) is 16.2. The van der Waals surface area contributed by atoms with Crippen LogP contribution in [0, 0.1) is 0 Å². The van der Waals surface area contributed by atoms with E-state index in [2.05, 4.69) is 9.80 Å². The van der Waals surface area contributed by atoms with Crippen molar-refractivity contribution in [3.8, 4) is 5.75 Å². The molecule has 150 valence electrons. The van der Waals surface area contributed by atoms with Crippen molar-refractivity contribution in [2.75, 3.05) is 51.3 Å². The highest BCUT2D eigenvalue weighted by atomic mass is 35.5. The summed E-state index contributed by atoms with van der Waals surface area (Å²) in [7, 11) is 1.68. The molecule has 2 aliphatic heterocycles. The first-order valence-corrected chi connectivity index (χ1v) is 10.2. The molecule has 1 aromatic carbocycles. The Bertz CT molecular complexity index is 824. The summed E-state index contributed by atoms with van der Waals surface area (Å²) in [5, 5.41) is 0.712. The van der Waals surface area contributed by atoms with Gasteiger partial charge in [-0.25, -0.2) is 0 Å². The summed E-state index contributed by atoms with van der Waals surface area (Å²) in [5.74, 6) is 2.16. The van der Waals surface area contributed by atoms with E-state index < -0.39 is 0 Å². The molecule has 2 aliphatic rings. The maximum atomic E-state index is 12.4. The summed E-state index contributed by atoms with van der Waals surface area (Å²) < 4.78 is 11.3. The molecule has 4 rings (SSSR count). The van der Waals surface area contributed by atoms with Crippen LogP contribution < -0.4 is 9.64 Å². The average Bonchev–Trinajstić information content (AvgIpc) is 3.40. The maximum Gasteiger partial charge on any atom is 0.289 e. The number of rotatable bonds is 5. The topological polar surface area (TPSA) is 49.2 Å². The fraction of sp³-hybridized carbons (Fsp3) is 0.476. The predicted octanol–water partition coefficient (Wildman–Crippen LogP) is 3.50. The molecule has 6 nitrogen and oxygen atoms in total. The van der Waals surface area contributed by atoms with Crippen LogP contribution in [0.2, 0.25) is 5.02 Å². The zero-order valence-corrected chi connectivity index (χ0v) is 17.0. The number of hydrogen-bond acceptors (Lipinski definition) is 5. The van der Waals surface area contributed by atoms with Gasteiger partial charge in [0.2, 0.25) is 0 Å². The van der Waals surface area contributed by atoms with Crippen molar-refractivity contribution < 1.29 is 13.9 Å². The number of benzene rings is 1. The maximum absolute atomic E-state index is 12.4. The molecule has 28 heavy (non-hydrogen) atoms. The first-order valence-electron chi connectivity index (χ1n) is 9.83. The molecule has 0 N–H and O–H groups in total. The standard InChI is InChI=1S/C21H26ClN3O3/c1-27-19-6-4-16(22)14-18(19)24-12-10-23(11-13-24)15-17-5-7-20(28-17)21(26)25-8-2-3-9-25/h4-7,14H,2-3,8-13,15H2,1H3. The minimum Gasteiger partial charge on any atom is -0.495 e. The van der Waals surface area contributed by atoms with Gasteiger partial charge in [-0.1, -0.05) is 11.6 Å². The van der Waals surface area contributed by atoms with E-state index in [-0.39, 0.29) is 5.91 Å². The number of hydrogen-bond donors (Lipinski definition) is 0. The Kier molecular flexibility index (Phi) is 5.78. The van der Waals surface area contributed by atoms with Gasteiger partial charge in [0.05, 0.1) is 19.3 Å². The summed E-state index contributed by atoms with van der Waals surface area (Å²) in [5.41, 5.74) is 1.03. The smallest absolute Gasteiger partial charge is 0.289 e. The van der Waals surface area contributed by atoms with Crippen LogP contribution in [0.25, 0.3) is 0 Å². The number of carbonyl (C=O) groups is 1. The fourth-order valence-electron chi connectivity index (χ4n) is 3.93. The number of amides is 1. The number of anilines is 1. The van der Waals surface area contributed by atoms with Crippen molar-refractivity contribution in [1.82, 2.24) is 9.80 Å². The first-order chi connectivity index (χ1) is 13.6. The molecule has 0 unspecified atom stereocenters. The summed E-state index contributed by atoms with van der Waals surface area (Å²) in [6, 6.07) is 9.45. The van der Waals surface area contributed by atoms with E-state index in [1.54, 1.807) is 7.11 Å². The van der Waals surface area contributed by atoms with Gasteiger partial charge in [-0.3, -0.25) is 9.69 Å². The van der Waals surface area contributed by atoms with E-state index in [4.69, 9.17) is 20.8 Å². The number of methoxy groups -OCH3 is 1. The molecule has 0 saturated carbocycles. The molecule has 2 aromatic rings. The van der Waals surface area contributed by atoms with Crippen LogP contribution in [0.4, 0.5) is 5.69 Å². The predicted molar refractivity (Wildman–Crippen MR) is 109 cm³/mol. The van der Waals surface area contributed by atoms with Gasteiger partial charge in [0.15, 0.2) is 5.76 Å². The highest BCUT2D eigenvalue weighted by molar-refractivity contribution is 6.30. The first kappa shape index (κ1) is 19.2. The second kappa shape index (κ2) is 8.45. The van der Waals surface area contributed by atoms with Gasteiger partial charge < -0.3 is 19.0 Å². The largest absolute Gasteiger partial charge is 0.495 e. The molecular weight excluding hydrogens is 378 g/mol. The lowest BCUT2D eigenvalue weighted by atomic mass is 10.2. The minimum absolute atomic E-state index is 0.0154. The molecule has 7 heteroatoms. The second-order valence-electron chi connectivity index (χ2n) is 7.34. The second-order valence-corrected chi connectivity index (χ2v) is 7.78. The molecule has 1 aromatic heterocycles. The Morgan fingerprint density at radius 1 is 1.07 bits per heavy atom. The van der Waals surface area contributed by atoms with Crippen LogP contribution in [-0.4, -0.2) is 62.1 Å². The van der Waals surface area contributed by atoms with E-state index >= 15 is 0 Å². The number of halogens is 1. The van der Waals surface area contributed by atoms with Crippen LogP contribution in [0.15, 0.2) is 34.7 Å². The summed E-state index contributed by atoms with van der Waals surface area (Å²) in [6.45, 7) is 5.98. The van der Waals surface area contributed by atoms with Gasteiger partial charge >= 0.3 is 0 Å². The monoisotopic (exact) mass is 403 g/mol. The molecule has 0 atom stereocenters.